The molecule has 26 heavy (non-hydrogen) atoms. The highest BCUT2D eigenvalue weighted by Gasteiger charge is 2.37. The predicted octanol–water partition coefficient (Wildman–Crippen LogP) is 1.11. The van der Waals surface area contributed by atoms with Gasteiger partial charge in [0.05, 0.1) is 6.54 Å². The van der Waals surface area contributed by atoms with E-state index in [4.69, 9.17) is 4.98 Å². The van der Waals surface area contributed by atoms with Crippen LogP contribution < -0.4 is 21.1 Å². The van der Waals surface area contributed by atoms with Crippen LogP contribution in [0.15, 0.2) is 9.95 Å². The molecule has 1 aromatic heterocycles. The number of fused-ring (bicyclic) bond motifs is 1. The Morgan fingerprint density at radius 2 is 2.12 bits per heavy atom. The standard InChI is InChI=1S/C18H28N6OS/c1-5-7-10-24-14-15(20-17(24)23-11-8-19-9-12-23)21-18(22(4)16(14)25)26-13(3)6-2/h13,17,19-20H,6,8-12H2,1-4H3. The van der Waals surface area contributed by atoms with Crippen LogP contribution in [0.1, 0.15) is 27.2 Å². The topological polar surface area (TPSA) is 65.4 Å². The Hall–Kier alpha value is -1.69. The average molecular weight is 377 g/mol. The number of hydrogen-bond acceptors (Lipinski definition) is 7. The Morgan fingerprint density at radius 3 is 2.77 bits per heavy atom. The molecular weight excluding hydrogens is 348 g/mol. The summed E-state index contributed by atoms with van der Waals surface area (Å²) in [5, 5.41) is 8.03. The summed E-state index contributed by atoms with van der Waals surface area (Å²) in [7, 11) is 1.81. The summed E-state index contributed by atoms with van der Waals surface area (Å²) in [5.74, 6) is 6.74. The molecule has 2 unspecified atom stereocenters. The number of hydrogen-bond donors (Lipinski definition) is 2. The van der Waals surface area contributed by atoms with Crippen molar-refractivity contribution in [3.05, 3.63) is 10.4 Å². The van der Waals surface area contributed by atoms with E-state index in [2.05, 4.69) is 46.1 Å². The Labute approximate surface area is 159 Å². The maximum absolute atomic E-state index is 13.1. The van der Waals surface area contributed by atoms with Crippen molar-refractivity contribution in [2.24, 2.45) is 7.05 Å². The minimum Gasteiger partial charge on any atom is -0.335 e. The van der Waals surface area contributed by atoms with Crippen molar-refractivity contribution in [1.29, 1.82) is 0 Å². The van der Waals surface area contributed by atoms with Gasteiger partial charge in [0.15, 0.2) is 17.3 Å². The molecule has 0 amide bonds. The first-order chi connectivity index (χ1) is 12.6. The molecule has 0 spiro atoms. The van der Waals surface area contributed by atoms with Crippen molar-refractivity contribution in [2.45, 2.75) is 43.9 Å². The summed E-state index contributed by atoms with van der Waals surface area (Å²) in [4.78, 5) is 22.3. The van der Waals surface area contributed by atoms with Crippen LogP contribution in [0.25, 0.3) is 0 Å². The molecule has 3 rings (SSSR count). The van der Waals surface area contributed by atoms with Gasteiger partial charge in [-0.05, 0) is 13.3 Å². The number of aromatic nitrogens is 2. The Morgan fingerprint density at radius 1 is 1.38 bits per heavy atom. The van der Waals surface area contributed by atoms with Gasteiger partial charge in [-0.3, -0.25) is 14.3 Å². The van der Waals surface area contributed by atoms with Crippen LogP contribution in [0, 0.1) is 11.8 Å². The van der Waals surface area contributed by atoms with Crippen LogP contribution in [0.4, 0.5) is 11.5 Å². The normalized spacial score (nSPS) is 20.9. The van der Waals surface area contributed by atoms with E-state index >= 15 is 0 Å². The summed E-state index contributed by atoms with van der Waals surface area (Å²) >= 11 is 1.65. The van der Waals surface area contributed by atoms with Gasteiger partial charge in [0.25, 0.3) is 5.56 Å². The third-order valence-electron chi connectivity index (χ3n) is 4.88. The molecule has 1 saturated heterocycles. The number of nitrogens with zero attached hydrogens (tertiary/aromatic N) is 4. The molecule has 7 nitrogen and oxygen atoms in total. The zero-order valence-corrected chi connectivity index (χ0v) is 16.8. The average Bonchev–Trinajstić information content (AvgIpc) is 3.03. The van der Waals surface area contributed by atoms with E-state index in [9.17, 15) is 4.79 Å². The van der Waals surface area contributed by atoms with E-state index in [0.29, 0.717) is 23.3 Å². The van der Waals surface area contributed by atoms with Crippen LogP contribution in [0.2, 0.25) is 0 Å². The summed E-state index contributed by atoms with van der Waals surface area (Å²) in [6, 6.07) is 0. The van der Waals surface area contributed by atoms with Crippen LogP contribution in [0.3, 0.4) is 0 Å². The van der Waals surface area contributed by atoms with E-state index in [-0.39, 0.29) is 11.8 Å². The molecule has 1 fully saturated rings. The third-order valence-corrected chi connectivity index (χ3v) is 6.19. The zero-order chi connectivity index (χ0) is 18.7. The molecule has 0 saturated carbocycles. The second-order valence-electron chi connectivity index (χ2n) is 6.65. The van der Waals surface area contributed by atoms with Gasteiger partial charge in [-0.15, -0.1) is 5.92 Å². The molecule has 2 aliphatic rings. The molecule has 2 aliphatic heterocycles. The number of piperazine rings is 1. The minimum absolute atomic E-state index is 0.0103. The summed E-state index contributed by atoms with van der Waals surface area (Å²) in [6.45, 7) is 10.4. The number of thioether (sulfide) groups is 1. The lowest BCUT2D eigenvalue weighted by Crippen LogP contribution is -2.56. The maximum Gasteiger partial charge on any atom is 0.279 e. The van der Waals surface area contributed by atoms with Crippen molar-refractivity contribution < 1.29 is 0 Å². The highest BCUT2D eigenvalue weighted by Crippen LogP contribution is 2.33. The largest absolute Gasteiger partial charge is 0.335 e. The summed E-state index contributed by atoms with van der Waals surface area (Å²) in [5.41, 5.74) is 0.621. The van der Waals surface area contributed by atoms with Gasteiger partial charge in [-0.2, -0.15) is 0 Å². The van der Waals surface area contributed by atoms with Crippen LogP contribution in [-0.2, 0) is 7.05 Å². The van der Waals surface area contributed by atoms with Crippen molar-refractivity contribution >= 4 is 23.3 Å². The van der Waals surface area contributed by atoms with Gasteiger partial charge in [-0.25, -0.2) is 4.98 Å². The van der Waals surface area contributed by atoms with Crippen LogP contribution in [0.5, 0.6) is 0 Å². The van der Waals surface area contributed by atoms with Gasteiger partial charge in [-0.1, -0.05) is 31.5 Å². The second-order valence-corrected chi connectivity index (χ2v) is 8.06. The van der Waals surface area contributed by atoms with Crippen LogP contribution in [-0.4, -0.2) is 58.7 Å². The summed E-state index contributed by atoms with van der Waals surface area (Å²) in [6.07, 6.45) is 0.962. The molecule has 3 heterocycles. The van der Waals surface area contributed by atoms with E-state index in [0.717, 1.165) is 37.8 Å². The molecule has 0 radical (unpaired) electrons. The van der Waals surface area contributed by atoms with Crippen molar-refractivity contribution in [2.75, 3.05) is 42.9 Å². The van der Waals surface area contributed by atoms with E-state index in [1.165, 1.54) is 0 Å². The molecule has 0 aromatic carbocycles. The number of nitrogens with one attached hydrogen (secondary N) is 2. The highest BCUT2D eigenvalue weighted by molar-refractivity contribution is 7.99. The molecule has 2 atom stereocenters. The zero-order valence-electron chi connectivity index (χ0n) is 16.0. The molecular formula is C18H28N6OS. The van der Waals surface area contributed by atoms with Gasteiger partial charge < -0.3 is 15.5 Å². The van der Waals surface area contributed by atoms with E-state index in [1.807, 2.05) is 14.0 Å². The van der Waals surface area contributed by atoms with Crippen molar-refractivity contribution in [3.8, 4) is 11.8 Å². The van der Waals surface area contributed by atoms with Gasteiger partial charge in [0.1, 0.15) is 5.69 Å². The highest BCUT2D eigenvalue weighted by atomic mass is 32.2. The van der Waals surface area contributed by atoms with Gasteiger partial charge in [0, 0.05) is 38.5 Å². The molecule has 0 aliphatic carbocycles. The molecule has 1 aromatic rings. The molecule has 142 valence electrons. The smallest absolute Gasteiger partial charge is 0.279 e. The maximum atomic E-state index is 13.1. The third kappa shape index (κ3) is 3.70. The molecule has 8 heteroatoms. The van der Waals surface area contributed by atoms with Crippen molar-refractivity contribution in [3.63, 3.8) is 0 Å². The first-order valence-corrected chi connectivity index (χ1v) is 10.1. The monoisotopic (exact) mass is 376 g/mol. The van der Waals surface area contributed by atoms with Gasteiger partial charge in [0.2, 0.25) is 0 Å². The number of anilines is 2. The lowest BCUT2D eigenvalue weighted by atomic mass is 10.3. The van der Waals surface area contributed by atoms with Crippen LogP contribution >= 0.6 is 11.8 Å². The second kappa shape index (κ2) is 8.33. The van der Waals surface area contributed by atoms with Crippen molar-refractivity contribution in [1.82, 2.24) is 19.8 Å². The lowest BCUT2D eigenvalue weighted by molar-refractivity contribution is 0.191. The Kier molecular flexibility index (Phi) is 6.12. The quantitative estimate of drug-likeness (QED) is 0.453. The van der Waals surface area contributed by atoms with Gasteiger partial charge >= 0.3 is 0 Å². The summed E-state index contributed by atoms with van der Waals surface area (Å²) < 4.78 is 1.67. The van der Waals surface area contributed by atoms with E-state index < -0.39 is 0 Å². The first-order valence-electron chi connectivity index (χ1n) is 9.22. The lowest BCUT2D eigenvalue weighted by Gasteiger charge is -2.37. The Bertz CT molecular complexity index is 761. The predicted molar refractivity (Wildman–Crippen MR) is 108 cm³/mol. The number of rotatable bonds is 5. The van der Waals surface area contributed by atoms with E-state index in [1.54, 1.807) is 16.3 Å². The fourth-order valence-electron chi connectivity index (χ4n) is 3.17. The minimum atomic E-state index is -0.0722. The fraction of sp³-hybridized carbons (Fsp3) is 0.667. The first kappa shape index (κ1) is 19.1. The fourth-order valence-corrected chi connectivity index (χ4v) is 4.08. The molecule has 0 bridgehead atoms. The Balaban J connectivity index is 1.98. The molecule has 2 N–H and O–H groups in total. The SMILES string of the molecule is CC#CCN1c2c(nc(SC(C)CC)n(C)c2=O)NC1N1CCNCC1.